The zero-order valence-electron chi connectivity index (χ0n) is 14.3. The van der Waals surface area contributed by atoms with Crippen molar-refractivity contribution in [1.29, 1.82) is 0 Å². The van der Waals surface area contributed by atoms with Gasteiger partial charge in [0.25, 0.3) is 0 Å². The van der Waals surface area contributed by atoms with Crippen molar-refractivity contribution in [2.45, 2.75) is 58.0 Å². The number of piperazine rings is 1. The van der Waals surface area contributed by atoms with E-state index in [1.54, 1.807) is 0 Å². The second-order valence-electron chi connectivity index (χ2n) is 7.09. The molecule has 0 unspecified atom stereocenters. The van der Waals surface area contributed by atoms with E-state index in [0.717, 1.165) is 69.9 Å². The van der Waals surface area contributed by atoms with E-state index < -0.39 is 5.54 Å². The van der Waals surface area contributed by atoms with Crippen LogP contribution in [-0.4, -0.2) is 52.6 Å². The SMILES string of the molecule is Cc1noc(C)c1CN1CCN(C(=O)C2(N)CCCCC2)CC1. The molecular formula is C17H28N4O2. The lowest BCUT2D eigenvalue weighted by molar-refractivity contribution is -0.140. The average molecular weight is 320 g/mol. The highest BCUT2D eigenvalue weighted by molar-refractivity contribution is 5.86. The van der Waals surface area contributed by atoms with Gasteiger partial charge < -0.3 is 15.2 Å². The summed E-state index contributed by atoms with van der Waals surface area (Å²) in [5, 5.41) is 4.01. The highest BCUT2D eigenvalue weighted by atomic mass is 16.5. The molecule has 2 aliphatic rings. The summed E-state index contributed by atoms with van der Waals surface area (Å²) in [5.74, 6) is 1.05. The molecule has 2 heterocycles. The van der Waals surface area contributed by atoms with E-state index in [2.05, 4.69) is 10.1 Å². The van der Waals surface area contributed by atoms with E-state index in [1.165, 1.54) is 12.0 Å². The fourth-order valence-corrected chi connectivity index (χ4v) is 3.77. The van der Waals surface area contributed by atoms with Crippen molar-refractivity contribution in [1.82, 2.24) is 15.0 Å². The Balaban J connectivity index is 1.55. The second-order valence-corrected chi connectivity index (χ2v) is 7.09. The smallest absolute Gasteiger partial charge is 0.242 e. The Kier molecular flexibility index (Phi) is 4.73. The maximum Gasteiger partial charge on any atom is 0.242 e. The Morgan fingerprint density at radius 3 is 2.39 bits per heavy atom. The van der Waals surface area contributed by atoms with Gasteiger partial charge in [0, 0.05) is 38.3 Å². The van der Waals surface area contributed by atoms with E-state index in [0.29, 0.717) is 0 Å². The first kappa shape index (κ1) is 16.5. The van der Waals surface area contributed by atoms with Crippen LogP contribution in [0.3, 0.4) is 0 Å². The number of nitrogens with two attached hydrogens (primary N) is 1. The number of nitrogens with zero attached hydrogens (tertiary/aromatic N) is 3. The second kappa shape index (κ2) is 6.61. The van der Waals surface area contributed by atoms with Crippen LogP contribution in [0.5, 0.6) is 0 Å². The van der Waals surface area contributed by atoms with Crippen LogP contribution in [0, 0.1) is 13.8 Å². The minimum atomic E-state index is -0.609. The van der Waals surface area contributed by atoms with Gasteiger partial charge in [-0.3, -0.25) is 9.69 Å². The van der Waals surface area contributed by atoms with Crippen molar-refractivity contribution in [3.63, 3.8) is 0 Å². The highest BCUT2D eigenvalue weighted by Crippen LogP contribution is 2.28. The fourth-order valence-electron chi connectivity index (χ4n) is 3.77. The fraction of sp³-hybridized carbons (Fsp3) is 0.765. The van der Waals surface area contributed by atoms with Crippen molar-refractivity contribution in [2.24, 2.45) is 5.73 Å². The molecule has 1 amide bonds. The molecule has 0 aromatic carbocycles. The van der Waals surface area contributed by atoms with Crippen molar-refractivity contribution in [3.8, 4) is 0 Å². The molecule has 1 aliphatic heterocycles. The van der Waals surface area contributed by atoms with Crippen LogP contribution < -0.4 is 5.73 Å². The van der Waals surface area contributed by atoms with Crippen LogP contribution in [0.1, 0.15) is 49.1 Å². The van der Waals surface area contributed by atoms with Crippen LogP contribution in [0.2, 0.25) is 0 Å². The van der Waals surface area contributed by atoms with E-state index in [1.807, 2.05) is 18.7 Å². The monoisotopic (exact) mass is 320 g/mol. The number of hydrogen-bond donors (Lipinski definition) is 1. The first-order chi connectivity index (χ1) is 11.0. The van der Waals surface area contributed by atoms with Crippen molar-refractivity contribution < 1.29 is 9.32 Å². The molecule has 0 atom stereocenters. The predicted octanol–water partition coefficient (Wildman–Crippen LogP) is 1.60. The zero-order valence-corrected chi connectivity index (χ0v) is 14.3. The Labute approximate surface area is 138 Å². The van der Waals surface area contributed by atoms with Gasteiger partial charge in [-0.25, -0.2) is 0 Å². The third-order valence-corrected chi connectivity index (χ3v) is 5.39. The summed E-state index contributed by atoms with van der Waals surface area (Å²) in [7, 11) is 0. The molecule has 0 radical (unpaired) electrons. The zero-order chi connectivity index (χ0) is 16.4. The number of carbonyl (C=O) groups excluding carboxylic acids is 1. The third kappa shape index (κ3) is 3.43. The number of rotatable bonds is 3. The normalized spacial score (nSPS) is 22.3. The van der Waals surface area contributed by atoms with Crippen LogP contribution >= 0.6 is 0 Å². The van der Waals surface area contributed by atoms with Gasteiger partial charge in [-0.15, -0.1) is 0 Å². The van der Waals surface area contributed by atoms with Gasteiger partial charge in [-0.05, 0) is 26.7 Å². The molecule has 1 saturated carbocycles. The maximum atomic E-state index is 12.8. The summed E-state index contributed by atoms with van der Waals surface area (Å²) in [5.41, 5.74) is 7.92. The summed E-state index contributed by atoms with van der Waals surface area (Å²) >= 11 is 0. The van der Waals surface area contributed by atoms with E-state index in [-0.39, 0.29) is 5.91 Å². The molecule has 23 heavy (non-hydrogen) atoms. The minimum Gasteiger partial charge on any atom is -0.361 e. The largest absolute Gasteiger partial charge is 0.361 e. The van der Waals surface area contributed by atoms with Crippen molar-refractivity contribution in [3.05, 3.63) is 17.0 Å². The van der Waals surface area contributed by atoms with Crippen LogP contribution in [0.15, 0.2) is 4.52 Å². The van der Waals surface area contributed by atoms with Crippen LogP contribution in [-0.2, 0) is 11.3 Å². The first-order valence-electron chi connectivity index (χ1n) is 8.72. The summed E-state index contributed by atoms with van der Waals surface area (Å²) in [6, 6.07) is 0. The van der Waals surface area contributed by atoms with Crippen LogP contribution in [0.4, 0.5) is 0 Å². The maximum absolute atomic E-state index is 12.8. The van der Waals surface area contributed by atoms with E-state index in [9.17, 15) is 4.79 Å². The quantitative estimate of drug-likeness (QED) is 0.915. The molecule has 1 aromatic heterocycles. The van der Waals surface area contributed by atoms with Gasteiger partial charge in [0.05, 0.1) is 11.2 Å². The van der Waals surface area contributed by atoms with Gasteiger partial charge in [0.2, 0.25) is 5.91 Å². The molecule has 3 rings (SSSR count). The lowest BCUT2D eigenvalue weighted by Crippen LogP contribution is -2.60. The summed E-state index contributed by atoms with van der Waals surface area (Å²) in [6.07, 6.45) is 5.04. The molecule has 1 aromatic rings. The highest BCUT2D eigenvalue weighted by Gasteiger charge is 2.39. The summed E-state index contributed by atoms with van der Waals surface area (Å²) < 4.78 is 5.23. The molecule has 1 saturated heterocycles. The molecule has 6 heteroatoms. The van der Waals surface area contributed by atoms with Gasteiger partial charge in [-0.1, -0.05) is 24.4 Å². The molecule has 128 valence electrons. The number of carbonyl (C=O) groups is 1. The van der Waals surface area contributed by atoms with Gasteiger partial charge in [-0.2, -0.15) is 0 Å². The standard InChI is InChI=1S/C17H28N4O2/c1-13-15(14(2)23-19-13)12-20-8-10-21(11-9-20)16(22)17(18)6-4-3-5-7-17/h3-12,18H2,1-2H3. The van der Waals surface area contributed by atoms with Gasteiger partial charge in [0.15, 0.2) is 0 Å². The Bertz CT molecular complexity index is 535. The minimum absolute atomic E-state index is 0.161. The molecule has 0 spiro atoms. The van der Waals surface area contributed by atoms with E-state index >= 15 is 0 Å². The Morgan fingerprint density at radius 1 is 1.17 bits per heavy atom. The lowest BCUT2D eigenvalue weighted by atomic mass is 9.81. The topological polar surface area (TPSA) is 75.6 Å². The molecular weight excluding hydrogens is 292 g/mol. The first-order valence-corrected chi connectivity index (χ1v) is 8.72. The molecule has 1 aliphatic carbocycles. The van der Waals surface area contributed by atoms with Crippen molar-refractivity contribution >= 4 is 5.91 Å². The van der Waals surface area contributed by atoms with Crippen molar-refractivity contribution in [2.75, 3.05) is 26.2 Å². The van der Waals surface area contributed by atoms with Gasteiger partial charge in [0.1, 0.15) is 5.76 Å². The number of amides is 1. The number of hydrogen-bond acceptors (Lipinski definition) is 5. The number of aromatic nitrogens is 1. The third-order valence-electron chi connectivity index (χ3n) is 5.39. The lowest BCUT2D eigenvalue weighted by Gasteiger charge is -2.41. The summed E-state index contributed by atoms with van der Waals surface area (Å²) in [6.45, 7) is 8.07. The Hall–Kier alpha value is -1.40. The number of aryl methyl sites for hydroxylation is 2. The van der Waals surface area contributed by atoms with Crippen LogP contribution in [0.25, 0.3) is 0 Å². The predicted molar refractivity (Wildman–Crippen MR) is 87.8 cm³/mol. The molecule has 2 N–H and O–H groups in total. The Morgan fingerprint density at radius 2 is 1.83 bits per heavy atom. The summed E-state index contributed by atoms with van der Waals surface area (Å²) in [4.78, 5) is 17.1. The van der Waals surface area contributed by atoms with E-state index in [4.69, 9.17) is 10.3 Å². The van der Waals surface area contributed by atoms with Gasteiger partial charge >= 0.3 is 0 Å². The molecule has 0 bridgehead atoms. The average Bonchev–Trinajstić information content (AvgIpc) is 2.87. The molecule has 2 fully saturated rings. The molecule has 6 nitrogen and oxygen atoms in total.